The lowest BCUT2D eigenvalue weighted by atomic mass is 10.1. The molecule has 0 saturated heterocycles. The second-order valence-electron chi connectivity index (χ2n) is 5.46. The standard InChI is InChI=1S/C16H18N4O5/c1-19-9-14(17)18-16(19)13(21)3-2-4-15(22)25-10-11-5-7-12(8-6-11)20(23)24/h5-9H,2-4,10,17H2,1H3. The fraction of sp³-hybridized carbons (Fsp3) is 0.312. The maximum atomic E-state index is 12.0. The van der Waals surface area contributed by atoms with E-state index >= 15 is 0 Å². The van der Waals surface area contributed by atoms with E-state index in [-0.39, 0.29) is 42.6 Å². The molecule has 0 fully saturated rings. The summed E-state index contributed by atoms with van der Waals surface area (Å²) in [7, 11) is 1.68. The molecular weight excluding hydrogens is 328 g/mol. The highest BCUT2D eigenvalue weighted by Gasteiger charge is 2.14. The van der Waals surface area contributed by atoms with Gasteiger partial charge in [-0.3, -0.25) is 19.7 Å². The Hall–Kier alpha value is -3.23. The summed E-state index contributed by atoms with van der Waals surface area (Å²) in [5, 5.41) is 10.6. The van der Waals surface area contributed by atoms with Crippen molar-refractivity contribution in [1.82, 2.24) is 9.55 Å². The van der Waals surface area contributed by atoms with Crippen molar-refractivity contribution in [3.63, 3.8) is 0 Å². The van der Waals surface area contributed by atoms with Crippen LogP contribution in [-0.2, 0) is 23.2 Å². The number of non-ortho nitro benzene ring substituents is 1. The lowest BCUT2D eigenvalue weighted by Gasteiger charge is -2.05. The van der Waals surface area contributed by atoms with Gasteiger partial charge in [-0.15, -0.1) is 0 Å². The van der Waals surface area contributed by atoms with Crippen LogP contribution in [-0.4, -0.2) is 26.2 Å². The summed E-state index contributed by atoms with van der Waals surface area (Å²) < 4.78 is 6.63. The van der Waals surface area contributed by atoms with Gasteiger partial charge in [0.2, 0.25) is 0 Å². The van der Waals surface area contributed by atoms with Crippen molar-refractivity contribution >= 4 is 23.3 Å². The number of Topliss-reactive ketones (excluding diaryl/α,β-unsaturated/α-hetero) is 1. The number of rotatable bonds is 8. The first-order chi connectivity index (χ1) is 11.9. The summed E-state index contributed by atoms with van der Waals surface area (Å²) >= 11 is 0. The van der Waals surface area contributed by atoms with E-state index in [4.69, 9.17) is 10.5 Å². The number of ketones is 1. The molecular formula is C16H18N4O5. The fourth-order valence-corrected chi connectivity index (χ4v) is 2.20. The molecule has 2 aromatic rings. The number of hydrogen-bond acceptors (Lipinski definition) is 7. The molecule has 0 spiro atoms. The lowest BCUT2D eigenvalue weighted by molar-refractivity contribution is -0.384. The first kappa shape index (κ1) is 18.1. The molecule has 1 aromatic heterocycles. The number of nitrogen functional groups attached to an aromatic ring is 1. The van der Waals surface area contributed by atoms with Crippen molar-refractivity contribution in [2.75, 3.05) is 5.73 Å². The number of esters is 1. The third-order valence-electron chi connectivity index (χ3n) is 3.48. The third kappa shape index (κ3) is 5.13. The Morgan fingerprint density at radius 1 is 1.28 bits per heavy atom. The molecule has 0 unspecified atom stereocenters. The number of nitro benzene ring substituents is 1. The van der Waals surface area contributed by atoms with Gasteiger partial charge in [0.05, 0.1) is 4.92 Å². The SMILES string of the molecule is Cn1cc(N)nc1C(=O)CCCC(=O)OCc1ccc([N+](=O)[O-])cc1. The number of aryl methyl sites for hydroxylation is 1. The van der Waals surface area contributed by atoms with Crippen LogP contribution in [0.1, 0.15) is 35.4 Å². The van der Waals surface area contributed by atoms with Crippen LogP contribution in [0.5, 0.6) is 0 Å². The van der Waals surface area contributed by atoms with Crippen LogP contribution in [0.25, 0.3) is 0 Å². The van der Waals surface area contributed by atoms with E-state index in [1.165, 1.54) is 24.3 Å². The second kappa shape index (κ2) is 8.04. The van der Waals surface area contributed by atoms with Crippen LogP contribution in [0.2, 0.25) is 0 Å². The Bertz CT molecular complexity index is 782. The van der Waals surface area contributed by atoms with Gasteiger partial charge in [0, 0.05) is 38.2 Å². The molecule has 0 aliphatic rings. The molecule has 2 N–H and O–H groups in total. The minimum atomic E-state index is -0.498. The summed E-state index contributed by atoms with van der Waals surface area (Å²) in [6.45, 7) is 0.0284. The second-order valence-corrected chi connectivity index (χ2v) is 5.46. The van der Waals surface area contributed by atoms with Crippen molar-refractivity contribution in [3.05, 3.63) is 52.0 Å². The van der Waals surface area contributed by atoms with Crippen molar-refractivity contribution in [3.8, 4) is 0 Å². The third-order valence-corrected chi connectivity index (χ3v) is 3.48. The highest BCUT2D eigenvalue weighted by atomic mass is 16.6. The zero-order chi connectivity index (χ0) is 18.4. The van der Waals surface area contributed by atoms with Crippen molar-refractivity contribution in [2.24, 2.45) is 7.05 Å². The molecule has 132 valence electrons. The number of benzene rings is 1. The number of hydrogen-bond donors (Lipinski definition) is 1. The maximum absolute atomic E-state index is 12.0. The van der Waals surface area contributed by atoms with E-state index in [1.54, 1.807) is 17.8 Å². The van der Waals surface area contributed by atoms with Gasteiger partial charge in [-0.25, -0.2) is 4.98 Å². The largest absolute Gasteiger partial charge is 0.461 e. The summed E-state index contributed by atoms with van der Waals surface area (Å²) in [5.74, 6) is -0.0991. The highest BCUT2D eigenvalue weighted by molar-refractivity contribution is 5.93. The van der Waals surface area contributed by atoms with Gasteiger partial charge >= 0.3 is 5.97 Å². The number of anilines is 1. The van der Waals surface area contributed by atoms with E-state index in [2.05, 4.69) is 4.98 Å². The molecule has 9 heteroatoms. The monoisotopic (exact) mass is 346 g/mol. The van der Waals surface area contributed by atoms with Gasteiger partial charge in [-0.1, -0.05) is 0 Å². The molecule has 2 rings (SSSR count). The van der Waals surface area contributed by atoms with Crippen molar-refractivity contribution in [1.29, 1.82) is 0 Å². The molecule has 25 heavy (non-hydrogen) atoms. The number of nitro groups is 1. The molecule has 0 atom stereocenters. The molecule has 0 aliphatic carbocycles. The van der Waals surface area contributed by atoms with Gasteiger partial charge in [0.1, 0.15) is 12.4 Å². The van der Waals surface area contributed by atoms with Crippen LogP contribution in [0.3, 0.4) is 0 Å². The number of imidazole rings is 1. The molecule has 1 aromatic carbocycles. The quantitative estimate of drug-likeness (QED) is 0.335. The molecule has 0 amide bonds. The Morgan fingerprint density at radius 3 is 2.52 bits per heavy atom. The normalized spacial score (nSPS) is 10.4. The van der Waals surface area contributed by atoms with E-state index in [1.807, 2.05) is 0 Å². The molecule has 0 bridgehead atoms. The molecule has 0 saturated carbocycles. The topological polar surface area (TPSA) is 130 Å². The summed E-state index contributed by atoms with van der Waals surface area (Å²) in [5.41, 5.74) is 6.15. The first-order valence-corrected chi connectivity index (χ1v) is 7.58. The summed E-state index contributed by atoms with van der Waals surface area (Å²) in [6.07, 6.45) is 2.14. The van der Waals surface area contributed by atoms with E-state index in [0.29, 0.717) is 12.0 Å². The van der Waals surface area contributed by atoms with Crippen molar-refractivity contribution < 1.29 is 19.2 Å². The zero-order valence-electron chi connectivity index (χ0n) is 13.7. The molecule has 1 heterocycles. The number of ether oxygens (including phenoxy) is 1. The Balaban J connectivity index is 1.72. The van der Waals surface area contributed by atoms with Crippen LogP contribution in [0.15, 0.2) is 30.5 Å². The van der Waals surface area contributed by atoms with Gasteiger partial charge < -0.3 is 15.0 Å². The van der Waals surface area contributed by atoms with E-state index in [0.717, 1.165) is 0 Å². The number of nitrogens with zero attached hydrogens (tertiary/aromatic N) is 3. The van der Waals surface area contributed by atoms with Gasteiger partial charge in [0.25, 0.3) is 5.69 Å². The fourth-order valence-electron chi connectivity index (χ4n) is 2.20. The van der Waals surface area contributed by atoms with E-state index < -0.39 is 10.9 Å². The maximum Gasteiger partial charge on any atom is 0.306 e. The molecule has 0 aliphatic heterocycles. The van der Waals surface area contributed by atoms with Gasteiger partial charge in [-0.05, 0) is 24.1 Å². The predicted molar refractivity (Wildman–Crippen MR) is 88.7 cm³/mol. The minimum Gasteiger partial charge on any atom is -0.461 e. The average molecular weight is 346 g/mol. The van der Waals surface area contributed by atoms with Crippen LogP contribution in [0, 0.1) is 10.1 Å². The average Bonchev–Trinajstić information content (AvgIpc) is 2.91. The minimum absolute atomic E-state index is 0.0245. The Kier molecular flexibility index (Phi) is 5.83. The Morgan fingerprint density at radius 2 is 1.96 bits per heavy atom. The summed E-state index contributed by atoms with van der Waals surface area (Å²) in [4.78, 5) is 37.7. The van der Waals surface area contributed by atoms with Crippen molar-refractivity contribution in [2.45, 2.75) is 25.9 Å². The first-order valence-electron chi connectivity index (χ1n) is 7.58. The van der Waals surface area contributed by atoms with Crippen LogP contribution in [0.4, 0.5) is 11.5 Å². The van der Waals surface area contributed by atoms with Gasteiger partial charge in [0.15, 0.2) is 11.6 Å². The number of carbonyl (C=O) groups excluding carboxylic acids is 2. The smallest absolute Gasteiger partial charge is 0.306 e. The van der Waals surface area contributed by atoms with E-state index in [9.17, 15) is 19.7 Å². The summed E-state index contributed by atoms with van der Waals surface area (Å²) in [6, 6.07) is 5.75. The molecule has 0 radical (unpaired) electrons. The van der Waals surface area contributed by atoms with Crippen LogP contribution >= 0.6 is 0 Å². The Labute approximate surface area is 143 Å². The zero-order valence-corrected chi connectivity index (χ0v) is 13.7. The number of aromatic nitrogens is 2. The highest BCUT2D eigenvalue weighted by Crippen LogP contribution is 2.13. The number of carbonyl (C=O) groups is 2. The van der Waals surface area contributed by atoms with Crippen LogP contribution < -0.4 is 5.73 Å². The number of nitrogens with two attached hydrogens (primary N) is 1. The lowest BCUT2D eigenvalue weighted by Crippen LogP contribution is -2.09. The predicted octanol–water partition coefficient (Wildman–Crippen LogP) is 2.01. The van der Waals surface area contributed by atoms with Gasteiger partial charge in [-0.2, -0.15) is 0 Å². The molecule has 9 nitrogen and oxygen atoms in total.